The number of carbonyl (C=O) groups excluding carboxylic acids is 2. The molecule has 3 saturated heterocycles. The summed E-state index contributed by atoms with van der Waals surface area (Å²) < 4.78 is 0. The van der Waals surface area contributed by atoms with Crippen molar-refractivity contribution >= 4 is 11.8 Å². The van der Waals surface area contributed by atoms with E-state index in [2.05, 4.69) is 4.90 Å². The highest BCUT2D eigenvalue weighted by atomic mass is 16.2. The first-order valence-corrected chi connectivity index (χ1v) is 7.40. The van der Waals surface area contributed by atoms with Crippen LogP contribution in [0.15, 0.2) is 0 Å². The highest BCUT2D eigenvalue weighted by molar-refractivity contribution is 5.81. The lowest BCUT2D eigenvalue weighted by Gasteiger charge is -2.52. The number of rotatable bonds is 1. The molecule has 0 aromatic rings. The van der Waals surface area contributed by atoms with Crippen LogP contribution >= 0.6 is 0 Å². The van der Waals surface area contributed by atoms with Gasteiger partial charge in [-0.2, -0.15) is 0 Å². The first-order valence-electron chi connectivity index (χ1n) is 7.40. The van der Waals surface area contributed by atoms with Crippen molar-refractivity contribution in [3.63, 3.8) is 0 Å². The van der Waals surface area contributed by atoms with Gasteiger partial charge >= 0.3 is 0 Å². The Morgan fingerprint density at radius 3 is 2.89 bits per heavy atom. The minimum atomic E-state index is -0.414. The van der Waals surface area contributed by atoms with Crippen LogP contribution in [0, 0.1) is 11.8 Å². The van der Waals surface area contributed by atoms with Crippen molar-refractivity contribution in [2.45, 2.75) is 44.7 Å². The van der Waals surface area contributed by atoms with Gasteiger partial charge in [-0.15, -0.1) is 0 Å². The molecule has 0 aliphatic carbocycles. The van der Waals surface area contributed by atoms with Gasteiger partial charge in [0.05, 0.1) is 6.04 Å². The van der Waals surface area contributed by atoms with E-state index in [4.69, 9.17) is 5.73 Å². The second-order valence-corrected chi connectivity index (χ2v) is 6.40. The number of piperidine rings is 3. The summed E-state index contributed by atoms with van der Waals surface area (Å²) >= 11 is 0. The van der Waals surface area contributed by atoms with Crippen LogP contribution in [0.2, 0.25) is 0 Å². The molecule has 3 aliphatic rings. The van der Waals surface area contributed by atoms with Crippen LogP contribution in [0.25, 0.3) is 0 Å². The van der Waals surface area contributed by atoms with Crippen LogP contribution in [0.3, 0.4) is 0 Å². The fraction of sp³-hybridized carbons (Fsp3) is 0.857. The highest BCUT2D eigenvalue weighted by Gasteiger charge is 2.44. The maximum Gasteiger partial charge on any atom is 0.239 e. The first kappa shape index (κ1) is 12.9. The molecule has 2 N–H and O–H groups in total. The molecule has 3 heterocycles. The van der Waals surface area contributed by atoms with Gasteiger partial charge in [0.15, 0.2) is 0 Å². The molecule has 2 bridgehead atoms. The van der Waals surface area contributed by atoms with Gasteiger partial charge in [-0.1, -0.05) is 0 Å². The van der Waals surface area contributed by atoms with Crippen LogP contribution in [0.1, 0.15) is 32.6 Å². The zero-order chi connectivity index (χ0) is 13.6. The molecular weight excluding hydrogens is 242 g/mol. The van der Waals surface area contributed by atoms with Gasteiger partial charge in [0.2, 0.25) is 11.8 Å². The molecule has 0 aromatic heterocycles. The Labute approximate surface area is 114 Å². The Bertz CT molecular complexity index is 396. The second kappa shape index (κ2) is 4.78. The zero-order valence-electron chi connectivity index (χ0n) is 11.5. The van der Waals surface area contributed by atoms with Crippen molar-refractivity contribution in [3.05, 3.63) is 0 Å². The monoisotopic (exact) mass is 265 g/mol. The van der Waals surface area contributed by atoms with E-state index in [0.717, 1.165) is 38.9 Å². The van der Waals surface area contributed by atoms with E-state index in [0.29, 0.717) is 30.2 Å². The smallest absolute Gasteiger partial charge is 0.239 e. The van der Waals surface area contributed by atoms with Crippen molar-refractivity contribution in [3.8, 4) is 0 Å². The topological polar surface area (TPSA) is 66.6 Å². The fourth-order valence-corrected chi connectivity index (χ4v) is 4.08. The lowest BCUT2D eigenvalue weighted by molar-refractivity contribution is -0.149. The molecule has 0 aromatic carbocycles. The number of hydrogen-bond acceptors (Lipinski definition) is 3. The highest BCUT2D eigenvalue weighted by Crippen LogP contribution is 2.37. The van der Waals surface area contributed by atoms with Crippen LogP contribution in [-0.4, -0.2) is 53.3 Å². The number of carbonyl (C=O) groups is 2. The van der Waals surface area contributed by atoms with E-state index < -0.39 is 6.04 Å². The predicted octanol–water partition coefficient (Wildman–Crippen LogP) is 0.193. The lowest BCUT2D eigenvalue weighted by Crippen LogP contribution is -2.62. The van der Waals surface area contributed by atoms with Gasteiger partial charge in [-0.3, -0.25) is 9.59 Å². The Balaban J connectivity index is 1.75. The van der Waals surface area contributed by atoms with E-state index in [1.165, 1.54) is 0 Å². The zero-order valence-corrected chi connectivity index (χ0v) is 11.5. The van der Waals surface area contributed by atoms with E-state index >= 15 is 0 Å². The summed E-state index contributed by atoms with van der Waals surface area (Å²) in [5.41, 5.74) is 5.72. The first-order chi connectivity index (χ1) is 9.06. The van der Waals surface area contributed by atoms with Gasteiger partial charge in [0.1, 0.15) is 0 Å². The fourth-order valence-electron chi connectivity index (χ4n) is 4.08. The molecular formula is C14H23N3O2. The minimum Gasteiger partial charge on any atom is -0.341 e. The quantitative estimate of drug-likeness (QED) is 0.736. The molecule has 5 nitrogen and oxygen atoms in total. The number of likely N-dealkylation sites (tertiary alicyclic amines) is 1. The van der Waals surface area contributed by atoms with Crippen LogP contribution in [0.5, 0.6) is 0 Å². The van der Waals surface area contributed by atoms with E-state index in [1.807, 2.05) is 4.90 Å². The molecule has 4 atom stereocenters. The van der Waals surface area contributed by atoms with Crippen molar-refractivity contribution in [2.24, 2.45) is 17.6 Å². The predicted molar refractivity (Wildman–Crippen MR) is 71.2 cm³/mol. The molecule has 0 unspecified atom stereocenters. The summed E-state index contributed by atoms with van der Waals surface area (Å²) in [7, 11) is 0. The number of amides is 2. The maximum atomic E-state index is 12.1. The Kier molecular flexibility index (Phi) is 3.25. The molecule has 3 aliphatic heterocycles. The van der Waals surface area contributed by atoms with Gasteiger partial charge in [0, 0.05) is 32.1 Å². The SMILES string of the molecule is C[C@H](N)C(=O)N1C[C@@H]2C[C@@H](C1)[C@@H]1CCCC(=O)N1C2. The van der Waals surface area contributed by atoms with E-state index in [1.54, 1.807) is 6.92 Å². The summed E-state index contributed by atoms with van der Waals surface area (Å²) in [6.07, 6.45) is 3.97. The third kappa shape index (κ3) is 2.24. The summed E-state index contributed by atoms with van der Waals surface area (Å²) in [5.74, 6) is 1.28. The van der Waals surface area contributed by atoms with Gasteiger partial charge in [0.25, 0.3) is 0 Å². The molecule has 2 amide bonds. The van der Waals surface area contributed by atoms with Crippen LogP contribution in [0.4, 0.5) is 0 Å². The molecule has 5 heteroatoms. The Morgan fingerprint density at radius 1 is 1.37 bits per heavy atom. The van der Waals surface area contributed by atoms with Crippen molar-refractivity contribution < 1.29 is 9.59 Å². The molecule has 106 valence electrons. The van der Waals surface area contributed by atoms with Crippen LogP contribution < -0.4 is 5.73 Å². The maximum absolute atomic E-state index is 12.1. The van der Waals surface area contributed by atoms with Gasteiger partial charge < -0.3 is 15.5 Å². The Morgan fingerprint density at radius 2 is 2.16 bits per heavy atom. The van der Waals surface area contributed by atoms with Crippen molar-refractivity contribution in [1.82, 2.24) is 9.80 Å². The molecule has 0 spiro atoms. The van der Waals surface area contributed by atoms with Crippen molar-refractivity contribution in [1.29, 1.82) is 0 Å². The summed E-state index contributed by atoms with van der Waals surface area (Å²) in [4.78, 5) is 28.1. The number of hydrogen-bond donors (Lipinski definition) is 1. The molecule has 0 saturated carbocycles. The van der Waals surface area contributed by atoms with E-state index in [-0.39, 0.29) is 5.91 Å². The van der Waals surface area contributed by atoms with E-state index in [9.17, 15) is 9.59 Å². The minimum absolute atomic E-state index is 0.0604. The number of fused-ring (bicyclic) bond motifs is 4. The Hall–Kier alpha value is -1.10. The average Bonchev–Trinajstić information content (AvgIpc) is 2.39. The molecule has 0 radical (unpaired) electrons. The average molecular weight is 265 g/mol. The normalized spacial score (nSPS) is 35.9. The third-order valence-electron chi connectivity index (χ3n) is 4.88. The number of nitrogens with zero attached hydrogens (tertiary/aromatic N) is 2. The standard InChI is InChI=1S/C14H23N3O2/c1-9(15)14(19)16-6-10-5-11(8-16)12-3-2-4-13(18)17(12)7-10/h9-12H,2-8,15H2,1H3/t9-,10-,11-,12-/m0/s1. The van der Waals surface area contributed by atoms with Gasteiger partial charge in [-0.05, 0) is 38.0 Å². The lowest BCUT2D eigenvalue weighted by atomic mass is 9.76. The molecule has 3 fully saturated rings. The molecule has 19 heavy (non-hydrogen) atoms. The third-order valence-corrected chi connectivity index (χ3v) is 4.88. The van der Waals surface area contributed by atoms with Gasteiger partial charge in [-0.25, -0.2) is 0 Å². The summed E-state index contributed by atoms with van der Waals surface area (Å²) in [6.45, 7) is 4.14. The summed E-state index contributed by atoms with van der Waals surface area (Å²) in [6, 6.07) is -0.0518. The second-order valence-electron chi connectivity index (χ2n) is 6.40. The van der Waals surface area contributed by atoms with Crippen LogP contribution in [-0.2, 0) is 9.59 Å². The largest absolute Gasteiger partial charge is 0.341 e. The summed E-state index contributed by atoms with van der Waals surface area (Å²) in [5, 5.41) is 0. The van der Waals surface area contributed by atoms with Crippen molar-refractivity contribution in [2.75, 3.05) is 19.6 Å². The number of nitrogens with two attached hydrogens (primary N) is 1. The molecule has 3 rings (SSSR count).